The number of benzene rings is 1. The normalized spacial score (nSPS) is 17.2. The Kier molecular flexibility index (Phi) is 7.67. The van der Waals surface area contributed by atoms with E-state index in [9.17, 15) is 14.4 Å². The van der Waals surface area contributed by atoms with E-state index in [1.165, 1.54) is 11.8 Å². The summed E-state index contributed by atoms with van der Waals surface area (Å²) in [6.07, 6.45) is 3.37. The molecule has 0 spiro atoms. The molecule has 4 rings (SSSR count). The lowest BCUT2D eigenvalue weighted by atomic mass is 10.1. The predicted octanol–water partition coefficient (Wildman–Crippen LogP) is 1.65. The number of aliphatic imine (C=N–C) groups is 1. The number of nitriles is 1. The number of anilines is 2. The van der Waals surface area contributed by atoms with Gasteiger partial charge in [-0.15, -0.1) is 0 Å². The lowest BCUT2D eigenvalue weighted by Crippen LogP contribution is -2.25. The number of carbonyl (C=O) groups is 3. The van der Waals surface area contributed by atoms with Gasteiger partial charge >= 0.3 is 0 Å². The molecule has 2 aromatic rings. The van der Waals surface area contributed by atoms with E-state index in [2.05, 4.69) is 30.7 Å². The quantitative estimate of drug-likeness (QED) is 0.401. The highest BCUT2D eigenvalue weighted by Gasteiger charge is 2.33. The van der Waals surface area contributed by atoms with Crippen molar-refractivity contribution in [2.75, 3.05) is 30.7 Å². The van der Waals surface area contributed by atoms with Gasteiger partial charge in [-0.25, -0.2) is 0 Å². The van der Waals surface area contributed by atoms with Gasteiger partial charge in [0.05, 0.1) is 5.69 Å². The molecule has 2 aliphatic rings. The number of nitrogen functional groups attached to an aromatic ring is 1. The maximum atomic E-state index is 12.4. The molecular formula is C23H26N8O3S. The minimum absolute atomic E-state index is 0.0437. The molecule has 0 bridgehead atoms. The molecule has 5 N–H and O–H groups in total. The molecule has 2 aliphatic heterocycles. The number of aromatic nitrogens is 2. The molecule has 1 aromatic carbocycles. The molecule has 3 heterocycles. The van der Waals surface area contributed by atoms with E-state index in [1.807, 2.05) is 6.07 Å². The van der Waals surface area contributed by atoms with Crippen LogP contribution in [-0.2, 0) is 16.0 Å². The molecule has 1 aromatic heterocycles. The van der Waals surface area contributed by atoms with Crippen molar-refractivity contribution < 1.29 is 14.4 Å². The number of amidine groups is 1. The molecule has 0 radical (unpaired) electrons. The summed E-state index contributed by atoms with van der Waals surface area (Å²) >= 11 is 1.36. The van der Waals surface area contributed by atoms with Crippen molar-refractivity contribution in [2.24, 2.45) is 4.99 Å². The molecule has 1 saturated heterocycles. The molecule has 0 unspecified atom stereocenters. The van der Waals surface area contributed by atoms with Gasteiger partial charge in [0, 0.05) is 37.3 Å². The third kappa shape index (κ3) is 5.99. The molecule has 35 heavy (non-hydrogen) atoms. The van der Waals surface area contributed by atoms with Gasteiger partial charge in [0.2, 0.25) is 5.91 Å². The maximum Gasteiger partial charge on any atom is 0.262 e. The zero-order valence-corrected chi connectivity index (χ0v) is 19.9. The Morgan fingerprint density at radius 2 is 2.00 bits per heavy atom. The first-order valence-corrected chi connectivity index (χ1v) is 12.3. The number of aryl methyl sites for hydroxylation is 1. The Hall–Kier alpha value is -3.85. The summed E-state index contributed by atoms with van der Waals surface area (Å²) in [6.45, 7) is 2.22. The van der Waals surface area contributed by atoms with Crippen LogP contribution in [0.25, 0.3) is 0 Å². The fourth-order valence-electron chi connectivity index (χ4n) is 3.91. The Morgan fingerprint density at radius 1 is 1.26 bits per heavy atom. The summed E-state index contributed by atoms with van der Waals surface area (Å²) in [6, 6.07) is 8.55. The van der Waals surface area contributed by atoms with Gasteiger partial charge in [0.25, 0.3) is 11.8 Å². The molecule has 1 atom stereocenters. The van der Waals surface area contributed by atoms with Crippen molar-refractivity contribution in [1.29, 1.82) is 5.26 Å². The van der Waals surface area contributed by atoms with Crippen molar-refractivity contribution in [3.05, 3.63) is 41.1 Å². The van der Waals surface area contributed by atoms with Crippen LogP contribution in [-0.4, -0.2) is 62.9 Å². The second kappa shape index (κ2) is 11.1. The lowest BCUT2D eigenvalue weighted by molar-refractivity contribution is -0.121. The molecule has 1 fully saturated rings. The molecule has 182 valence electrons. The highest BCUT2D eigenvalue weighted by atomic mass is 32.2. The summed E-state index contributed by atoms with van der Waals surface area (Å²) in [5, 5.41) is 21.5. The van der Waals surface area contributed by atoms with Crippen molar-refractivity contribution in [3.63, 3.8) is 0 Å². The number of rotatable bonds is 8. The predicted molar refractivity (Wildman–Crippen MR) is 133 cm³/mol. The van der Waals surface area contributed by atoms with Crippen LogP contribution in [0.1, 0.15) is 47.3 Å². The first-order chi connectivity index (χ1) is 16.9. The van der Waals surface area contributed by atoms with E-state index < -0.39 is 5.25 Å². The van der Waals surface area contributed by atoms with Crippen LogP contribution >= 0.6 is 11.8 Å². The van der Waals surface area contributed by atoms with Crippen LogP contribution < -0.4 is 16.4 Å². The summed E-state index contributed by atoms with van der Waals surface area (Å²) in [5.41, 5.74) is 7.60. The number of hydrogen-bond donors (Lipinski definition) is 4. The minimum Gasteiger partial charge on any atom is -0.381 e. The number of nitrogens with zero attached hydrogens (tertiary/aromatic N) is 4. The number of amides is 3. The zero-order chi connectivity index (χ0) is 24.8. The third-order valence-corrected chi connectivity index (χ3v) is 6.99. The van der Waals surface area contributed by atoms with Crippen LogP contribution in [0.15, 0.2) is 29.3 Å². The number of hydrogen-bond acceptors (Lipinski definition) is 8. The number of nitrogens with one attached hydrogen (secondary N) is 3. The van der Waals surface area contributed by atoms with E-state index in [1.54, 1.807) is 24.3 Å². The number of aromatic amines is 1. The second-order valence-corrected chi connectivity index (χ2v) is 9.47. The third-order valence-electron chi connectivity index (χ3n) is 5.78. The molecule has 3 amide bonds. The maximum absolute atomic E-state index is 12.4. The van der Waals surface area contributed by atoms with E-state index in [0.717, 1.165) is 31.1 Å². The van der Waals surface area contributed by atoms with Gasteiger partial charge in [-0.3, -0.25) is 19.5 Å². The topological polar surface area (TPSA) is 169 Å². The van der Waals surface area contributed by atoms with Crippen LogP contribution in [0.5, 0.6) is 0 Å². The average Bonchev–Trinajstić information content (AvgIpc) is 3.58. The Labute approximate surface area is 206 Å². The van der Waals surface area contributed by atoms with Crippen molar-refractivity contribution in [1.82, 2.24) is 20.4 Å². The van der Waals surface area contributed by atoms with Crippen LogP contribution in [0.3, 0.4) is 0 Å². The van der Waals surface area contributed by atoms with Crippen LogP contribution in [0.2, 0.25) is 0 Å². The highest BCUT2D eigenvalue weighted by Crippen LogP contribution is 2.29. The van der Waals surface area contributed by atoms with Gasteiger partial charge in [0.15, 0.2) is 11.0 Å². The fourth-order valence-corrected chi connectivity index (χ4v) is 5.02. The zero-order valence-electron chi connectivity index (χ0n) is 19.0. The van der Waals surface area contributed by atoms with Gasteiger partial charge in [-0.1, -0.05) is 11.8 Å². The standard InChI is InChI=1S/C23H26N8O3S/c24-13-16-17(29-30-20(16)25)4-3-9-26-21(33)14-5-7-15(8-6-14)27-19(32)12-18-22(34)28-23(35-18)31-10-1-2-11-31/h5-8,18H,1-4,9-12H2,(H,26,33)(H,27,32)(H3,25,29,30)/t18-/m1/s1. The summed E-state index contributed by atoms with van der Waals surface area (Å²) in [5.74, 6) is -0.611. The van der Waals surface area contributed by atoms with E-state index in [4.69, 9.17) is 11.0 Å². The number of nitrogens with two attached hydrogens (primary N) is 1. The summed E-state index contributed by atoms with van der Waals surface area (Å²) in [4.78, 5) is 43.2. The average molecular weight is 495 g/mol. The first-order valence-electron chi connectivity index (χ1n) is 11.4. The van der Waals surface area contributed by atoms with Gasteiger partial charge in [-0.2, -0.15) is 15.4 Å². The lowest BCUT2D eigenvalue weighted by Gasteiger charge is -2.16. The number of H-pyrrole nitrogens is 1. The van der Waals surface area contributed by atoms with Crippen molar-refractivity contribution in [3.8, 4) is 6.07 Å². The van der Waals surface area contributed by atoms with Crippen LogP contribution in [0, 0.1) is 11.3 Å². The molecule has 0 saturated carbocycles. The molecule has 0 aliphatic carbocycles. The molecule has 12 heteroatoms. The second-order valence-electron chi connectivity index (χ2n) is 8.30. The fraction of sp³-hybridized carbons (Fsp3) is 0.391. The van der Waals surface area contributed by atoms with E-state index in [-0.39, 0.29) is 30.0 Å². The summed E-state index contributed by atoms with van der Waals surface area (Å²) < 4.78 is 0. The number of likely N-dealkylation sites (tertiary alicyclic amines) is 1. The molecule has 11 nitrogen and oxygen atoms in total. The van der Waals surface area contributed by atoms with Gasteiger partial charge in [-0.05, 0) is 49.9 Å². The van der Waals surface area contributed by atoms with Gasteiger partial charge in [0.1, 0.15) is 16.9 Å². The van der Waals surface area contributed by atoms with E-state index >= 15 is 0 Å². The number of thioether (sulfide) groups is 1. The summed E-state index contributed by atoms with van der Waals surface area (Å²) in [7, 11) is 0. The Bertz CT molecular complexity index is 1180. The van der Waals surface area contributed by atoms with Crippen LogP contribution in [0.4, 0.5) is 11.5 Å². The minimum atomic E-state index is -0.502. The van der Waals surface area contributed by atoms with Crippen molar-refractivity contribution in [2.45, 2.75) is 37.4 Å². The van der Waals surface area contributed by atoms with Crippen molar-refractivity contribution >= 4 is 46.2 Å². The van der Waals surface area contributed by atoms with E-state index in [0.29, 0.717) is 41.9 Å². The smallest absolute Gasteiger partial charge is 0.262 e. The SMILES string of the molecule is N#Cc1c(N)n[nH]c1CCCNC(=O)c1ccc(NC(=O)C[C@H]2SC(N3CCCC3)=NC2=O)cc1. The first kappa shape index (κ1) is 24.3. The number of carbonyl (C=O) groups excluding carboxylic acids is 3. The monoisotopic (exact) mass is 494 g/mol. The Morgan fingerprint density at radius 3 is 2.71 bits per heavy atom. The molecular weight excluding hydrogens is 468 g/mol. The largest absolute Gasteiger partial charge is 0.381 e. The van der Waals surface area contributed by atoms with Gasteiger partial charge < -0.3 is 21.3 Å². The Balaban J connectivity index is 1.20. The highest BCUT2D eigenvalue weighted by molar-refractivity contribution is 8.15.